The topological polar surface area (TPSA) is 83.6 Å². The molecular weight excluding hydrogens is 364 g/mol. The molecule has 0 spiro atoms. The lowest BCUT2D eigenvalue weighted by atomic mass is 10.1. The number of methoxy groups -OCH3 is 3. The Morgan fingerprint density at radius 3 is 2.36 bits per heavy atom. The lowest BCUT2D eigenvalue weighted by Crippen LogP contribution is -3.15. The average Bonchev–Trinajstić information content (AvgIpc) is 3.27. The molecule has 28 heavy (non-hydrogen) atoms. The summed E-state index contributed by atoms with van der Waals surface area (Å²) in [6, 6.07) is 7.10. The lowest BCUT2D eigenvalue weighted by Gasteiger charge is -2.30. The fourth-order valence-corrected chi connectivity index (χ4v) is 3.43. The maximum atomic E-state index is 12.8. The summed E-state index contributed by atoms with van der Waals surface area (Å²) in [6.45, 7) is 3.58. The van der Waals surface area contributed by atoms with E-state index in [-0.39, 0.29) is 11.9 Å². The van der Waals surface area contributed by atoms with E-state index in [1.54, 1.807) is 18.4 Å². The molecule has 8 heteroatoms. The van der Waals surface area contributed by atoms with E-state index >= 15 is 0 Å². The molecule has 1 amide bonds. The molecule has 2 aromatic rings. The van der Waals surface area contributed by atoms with Crippen LogP contribution in [0.1, 0.15) is 22.2 Å². The van der Waals surface area contributed by atoms with Gasteiger partial charge in [0.1, 0.15) is 13.1 Å². The molecule has 1 fully saturated rings. The average molecular weight is 391 g/mol. The highest BCUT2D eigenvalue weighted by Crippen LogP contribution is 2.38. The van der Waals surface area contributed by atoms with Crippen LogP contribution in [0.25, 0.3) is 0 Å². The quantitative estimate of drug-likeness (QED) is 0.689. The van der Waals surface area contributed by atoms with Crippen LogP contribution in [0.3, 0.4) is 0 Å². The zero-order valence-electron chi connectivity index (χ0n) is 16.4. The van der Waals surface area contributed by atoms with E-state index in [0.29, 0.717) is 42.6 Å². The monoisotopic (exact) mass is 391 g/mol. The van der Waals surface area contributed by atoms with Crippen molar-refractivity contribution in [3.05, 3.63) is 41.9 Å². The minimum Gasteiger partial charge on any atom is -0.493 e. The highest BCUT2D eigenvalue weighted by atomic mass is 16.5. The minimum absolute atomic E-state index is 0.0184. The number of furan rings is 1. The first-order chi connectivity index (χ1) is 13.7. The maximum Gasteiger partial charge on any atom is 0.251 e. The van der Waals surface area contributed by atoms with Crippen LogP contribution in [-0.2, 0) is 4.74 Å². The second-order valence-corrected chi connectivity index (χ2v) is 6.46. The Bertz CT molecular complexity index is 746. The molecule has 1 aromatic heterocycles. The first kappa shape index (κ1) is 20.0. The van der Waals surface area contributed by atoms with Gasteiger partial charge in [-0.2, -0.15) is 0 Å². The van der Waals surface area contributed by atoms with E-state index in [2.05, 4.69) is 5.32 Å². The number of hydrogen-bond acceptors (Lipinski definition) is 6. The molecule has 0 unspecified atom stereocenters. The van der Waals surface area contributed by atoms with Crippen molar-refractivity contribution in [1.29, 1.82) is 0 Å². The third-order valence-corrected chi connectivity index (χ3v) is 4.91. The molecule has 0 saturated carbocycles. The first-order valence-electron chi connectivity index (χ1n) is 9.21. The summed E-state index contributed by atoms with van der Waals surface area (Å²) in [4.78, 5) is 14.1. The molecule has 1 saturated heterocycles. The van der Waals surface area contributed by atoms with Crippen LogP contribution in [0.4, 0.5) is 0 Å². The van der Waals surface area contributed by atoms with Crippen LogP contribution >= 0.6 is 0 Å². The van der Waals surface area contributed by atoms with E-state index in [1.165, 1.54) is 26.2 Å². The van der Waals surface area contributed by atoms with Crippen LogP contribution in [0.5, 0.6) is 17.2 Å². The molecule has 1 aliphatic heterocycles. The van der Waals surface area contributed by atoms with Crippen LogP contribution in [0.15, 0.2) is 34.9 Å². The SMILES string of the molecule is COc1cc(C(=O)NC[C@H](c2ccco2)[NH+]2CCOCC2)cc(OC)c1OC. The molecule has 2 N–H and O–H groups in total. The van der Waals surface area contributed by atoms with Gasteiger partial charge in [-0.15, -0.1) is 0 Å². The standard InChI is InChI=1S/C20H26N2O6/c1-24-17-11-14(12-18(25-2)19(17)26-3)20(23)21-13-15(16-5-4-8-28-16)22-6-9-27-10-7-22/h4-5,8,11-12,15H,6-7,9-10,13H2,1-3H3,(H,21,23)/p+1/t15-/m1/s1. The highest BCUT2D eigenvalue weighted by molar-refractivity contribution is 5.95. The summed E-state index contributed by atoms with van der Waals surface area (Å²) in [7, 11) is 4.57. The predicted octanol–water partition coefficient (Wildman–Crippen LogP) is 0.692. The summed E-state index contributed by atoms with van der Waals surface area (Å²) in [6.07, 6.45) is 1.66. The van der Waals surface area contributed by atoms with E-state index in [0.717, 1.165) is 18.8 Å². The van der Waals surface area contributed by atoms with E-state index in [4.69, 9.17) is 23.4 Å². The molecule has 8 nitrogen and oxygen atoms in total. The zero-order valence-corrected chi connectivity index (χ0v) is 16.4. The van der Waals surface area contributed by atoms with E-state index in [1.807, 2.05) is 12.1 Å². The van der Waals surface area contributed by atoms with Gasteiger partial charge in [0.25, 0.3) is 5.91 Å². The van der Waals surface area contributed by atoms with Crippen LogP contribution in [0.2, 0.25) is 0 Å². The van der Waals surface area contributed by atoms with Crippen molar-refractivity contribution < 1.29 is 33.1 Å². The van der Waals surface area contributed by atoms with Crippen molar-refractivity contribution in [3.63, 3.8) is 0 Å². The lowest BCUT2D eigenvalue weighted by molar-refractivity contribution is -0.938. The van der Waals surface area contributed by atoms with Gasteiger partial charge in [-0.3, -0.25) is 4.79 Å². The largest absolute Gasteiger partial charge is 0.493 e. The number of benzene rings is 1. The van der Waals surface area contributed by atoms with Crippen molar-refractivity contribution in [2.24, 2.45) is 0 Å². The summed E-state index contributed by atoms with van der Waals surface area (Å²) < 4.78 is 27.0. The number of morpholine rings is 1. The zero-order chi connectivity index (χ0) is 19.9. The van der Waals surface area contributed by atoms with Crippen molar-refractivity contribution in [1.82, 2.24) is 5.32 Å². The Labute approximate surface area is 164 Å². The van der Waals surface area contributed by atoms with Gasteiger partial charge in [0.2, 0.25) is 5.75 Å². The Morgan fingerprint density at radius 2 is 1.82 bits per heavy atom. The second-order valence-electron chi connectivity index (χ2n) is 6.46. The van der Waals surface area contributed by atoms with Crippen LogP contribution < -0.4 is 24.4 Å². The van der Waals surface area contributed by atoms with Gasteiger partial charge < -0.3 is 33.6 Å². The molecule has 0 bridgehead atoms. The summed E-state index contributed by atoms with van der Waals surface area (Å²) in [5.74, 6) is 1.96. The van der Waals surface area contributed by atoms with Gasteiger partial charge in [-0.1, -0.05) is 0 Å². The number of rotatable bonds is 8. The van der Waals surface area contributed by atoms with Gasteiger partial charge in [0.05, 0.1) is 47.4 Å². The van der Waals surface area contributed by atoms with Gasteiger partial charge in [-0.25, -0.2) is 0 Å². The first-order valence-corrected chi connectivity index (χ1v) is 9.21. The fraction of sp³-hybridized carbons (Fsp3) is 0.450. The highest BCUT2D eigenvalue weighted by Gasteiger charge is 2.29. The van der Waals surface area contributed by atoms with Gasteiger partial charge in [-0.05, 0) is 24.3 Å². The Morgan fingerprint density at radius 1 is 1.14 bits per heavy atom. The smallest absolute Gasteiger partial charge is 0.251 e. The number of carbonyl (C=O) groups excluding carboxylic acids is 1. The number of ether oxygens (including phenoxy) is 4. The molecule has 1 aromatic carbocycles. The van der Waals surface area contributed by atoms with Gasteiger partial charge in [0, 0.05) is 5.56 Å². The second kappa shape index (κ2) is 9.48. The van der Waals surface area contributed by atoms with E-state index < -0.39 is 0 Å². The third kappa shape index (κ3) is 4.40. The van der Waals surface area contributed by atoms with Gasteiger partial charge >= 0.3 is 0 Å². The molecular formula is C20H27N2O6+. The molecule has 0 radical (unpaired) electrons. The summed E-state index contributed by atoms with van der Waals surface area (Å²) >= 11 is 0. The molecule has 1 aliphatic rings. The molecule has 152 valence electrons. The number of quaternary nitrogens is 1. The van der Waals surface area contributed by atoms with Crippen LogP contribution in [-0.4, -0.2) is 60.1 Å². The van der Waals surface area contributed by atoms with Gasteiger partial charge in [0.15, 0.2) is 23.3 Å². The number of carbonyl (C=O) groups is 1. The fourth-order valence-electron chi connectivity index (χ4n) is 3.43. The van der Waals surface area contributed by atoms with Crippen molar-refractivity contribution in [3.8, 4) is 17.2 Å². The number of amides is 1. The molecule has 0 aliphatic carbocycles. The summed E-state index contributed by atoms with van der Waals surface area (Å²) in [5.41, 5.74) is 0.435. The van der Waals surface area contributed by atoms with Crippen molar-refractivity contribution in [2.75, 3.05) is 54.2 Å². The predicted molar refractivity (Wildman–Crippen MR) is 101 cm³/mol. The molecule has 3 rings (SSSR count). The van der Waals surface area contributed by atoms with E-state index in [9.17, 15) is 4.79 Å². The Balaban J connectivity index is 1.75. The third-order valence-electron chi connectivity index (χ3n) is 4.91. The van der Waals surface area contributed by atoms with Crippen molar-refractivity contribution in [2.45, 2.75) is 6.04 Å². The number of nitrogens with one attached hydrogen (secondary N) is 2. The Kier molecular flexibility index (Phi) is 6.78. The molecule has 1 atom stereocenters. The molecule has 2 heterocycles. The normalized spacial score (nSPS) is 15.7. The maximum absolute atomic E-state index is 12.8. The minimum atomic E-state index is -0.219. The number of hydrogen-bond donors (Lipinski definition) is 2. The van der Waals surface area contributed by atoms with Crippen molar-refractivity contribution >= 4 is 5.91 Å². The Hall–Kier alpha value is -2.71. The van der Waals surface area contributed by atoms with Crippen LogP contribution in [0, 0.1) is 0 Å². The summed E-state index contributed by atoms with van der Waals surface area (Å²) in [5, 5.41) is 3.01.